The van der Waals surface area contributed by atoms with Gasteiger partial charge in [-0.15, -0.1) is 0 Å². The first-order valence-corrected chi connectivity index (χ1v) is 11.1. The van der Waals surface area contributed by atoms with Crippen LogP contribution in [-0.2, 0) is 0 Å². The molecule has 0 aliphatic carbocycles. The van der Waals surface area contributed by atoms with Gasteiger partial charge in [-0.1, -0.05) is 41.9 Å². The van der Waals surface area contributed by atoms with Crippen LogP contribution >= 0.6 is 11.6 Å². The summed E-state index contributed by atoms with van der Waals surface area (Å²) in [6.07, 6.45) is 2.11. The molecular formula is C26H24ClN5O. The van der Waals surface area contributed by atoms with Crippen molar-refractivity contribution in [2.24, 2.45) is 4.99 Å². The van der Waals surface area contributed by atoms with E-state index in [4.69, 9.17) is 21.0 Å². The summed E-state index contributed by atoms with van der Waals surface area (Å²) in [7, 11) is 4.05. The number of anilines is 3. The van der Waals surface area contributed by atoms with Crippen LogP contribution in [0.1, 0.15) is 18.5 Å². The van der Waals surface area contributed by atoms with E-state index in [-0.39, 0.29) is 6.04 Å². The Kier molecular flexibility index (Phi) is 5.52. The fraction of sp³-hybridized carbons (Fsp3) is 0.154. The standard InChI is InChI=1S/C26H24ClN5O/c1-17-16-23(20-8-4-5-9-21(20)27)28-25(30-26-29-22-10-6-7-11-24(22)33-26)32(17)19-14-12-18(13-15-19)31(2)3/h4-16,23H,1-3H3,(H,28,29,30). The summed E-state index contributed by atoms with van der Waals surface area (Å²) in [6.45, 7) is 2.06. The van der Waals surface area contributed by atoms with Crippen molar-refractivity contribution < 1.29 is 4.42 Å². The zero-order chi connectivity index (χ0) is 22.9. The van der Waals surface area contributed by atoms with E-state index in [0.717, 1.165) is 28.2 Å². The van der Waals surface area contributed by atoms with Crippen LogP contribution in [0, 0.1) is 0 Å². The zero-order valence-electron chi connectivity index (χ0n) is 18.7. The summed E-state index contributed by atoms with van der Waals surface area (Å²) in [5.41, 5.74) is 5.57. The monoisotopic (exact) mass is 457 g/mol. The summed E-state index contributed by atoms with van der Waals surface area (Å²) < 4.78 is 5.92. The molecule has 1 atom stereocenters. The molecule has 0 amide bonds. The van der Waals surface area contributed by atoms with Crippen molar-refractivity contribution in [3.63, 3.8) is 0 Å². The molecule has 0 saturated heterocycles. The Morgan fingerprint density at radius 3 is 2.42 bits per heavy atom. The van der Waals surface area contributed by atoms with Gasteiger partial charge in [-0.2, -0.15) is 4.98 Å². The number of para-hydroxylation sites is 2. The second-order valence-corrected chi connectivity index (χ2v) is 8.49. The van der Waals surface area contributed by atoms with E-state index in [0.29, 0.717) is 22.6 Å². The maximum atomic E-state index is 6.50. The van der Waals surface area contributed by atoms with Crippen molar-refractivity contribution in [2.45, 2.75) is 13.0 Å². The Labute approximate surface area is 197 Å². The lowest BCUT2D eigenvalue weighted by atomic mass is 10.0. The molecule has 0 spiro atoms. The number of fused-ring (bicyclic) bond motifs is 1. The molecule has 2 heterocycles. The molecule has 1 aliphatic heterocycles. The van der Waals surface area contributed by atoms with E-state index in [1.54, 1.807) is 0 Å². The summed E-state index contributed by atoms with van der Waals surface area (Å²) in [6, 6.07) is 23.9. The first-order chi connectivity index (χ1) is 16.0. The maximum Gasteiger partial charge on any atom is 0.302 e. The first-order valence-electron chi connectivity index (χ1n) is 10.7. The molecule has 0 bridgehead atoms. The average molecular weight is 458 g/mol. The minimum Gasteiger partial charge on any atom is -0.423 e. The quantitative estimate of drug-likeness (QED) is 0.380. The molecule has 7 heteroatoms. The summed E-state index contributed by atoms with van der Waals surface area (Å²) >= 11 is 6.50. The third-order valence-corrected chi connectivity index (χ3v) is 5.93. The molecular weight excluding hydrogens is 434 g/mol. The normalized spacial score (nSPS) is 15.9. The highest BCUT2D eigenvalue weighted by Gasteiger charge is 2.26. The fourth-order valence-electron chi connectivity index (χ4n) is 3.91. The zero-order valence-corrected chi connectivity index (χ0v) is 19.4. The van der Waals surface area contributed by atoms with Crippen molar-refractivity contribution in [1.82, 2.24) is 4.98 Å². The SMILES string of the molecule is CC1=CC(c2ccccc2Cl)N=C(Nc2nc3ccccc3o2)N1c1ccc(N(C)C)cc1. The predicted octanol–water partition coefficient (Wildman–Crippen LogP) is 6.48. The van der Waals surface area contributed by atoms with Crippen LogP contribution in [0.3, 0.4) is 0 Å². The van der Waals surface area contributed by atoms with Crippen LogP contribution in [0.4, 0.5) is 17.4 Å². The molecule has 0 fully saturated rings. The highest BCUT2D eigenvalue weighted by atomic mass is 35.5. The summed E-state index contributed by atoms with van der Waals surface area (Å²) in [5, 5.41) is 3.99. The lowest BCUT2D eigenvalue weighted by molar-refractivity contribution is 0.623. The number of halogens is 1. The Morgan fingerprint density at radius 1 is 0.970 bits per heavy atom. The molecule has 1 aliphatic rings. The Bertz CT molecular complexity index is 1320. The molecule has 1 aromatic heterocycles. The lowest BCUT2D eigenvalue weighted by Gasteiger charge is -2.32. The van der Waals surface area contributed by atoms with Gasteiger partial charge < -0.3 is 9.32 Å². The second kappa shape index (κ2) is 8.64. The molecule has 3 aromatic carbocycles. The van der Waals surface area contributed by atoms with E-state index in [9.17, 15) is 0 Å². The third-order valence-electron chi connectivity index (χ3n) is 5.59. The van der Waals surface area contributed by atoms with E-state index < -0.39 is 0 Å². The lowest BCUT2D eigenvalue weighted by Crippen LogP contribution is -2.38. The minimum atomic E-state index is -0.233. The van der Waals surface area contributed by atoms with Crippen molar-refractivity contribution in [3.8, 4) is 0 Å². The molecule has 33 heavy (non-hydrogen) atoms. The van der Waals surface area contributed by atoms with Gasteiger partial charge in [-0.25, -0.2) is 4.99 Å². The van der Waals surface area contributed by atoms with Crippen molar-refractivity contribution in [2.75, 3.05) is 29.2 Å². The summed E-state index contributed by atoms with van der Waals surface area (Å²) in [5.74, 6) is 0.615. The van der Waals surface area contributed by atoms with Crippen molar-refractivity contribution >= 4 is 46.0 Å². The molecule has 5 rings (SSSR count). The summed E-state index contributed by atoms with van der Waals surface area (Å²) in [4.78, 5) is 13.7. The number of rotatable bonds is 4. The smallest absolute Gasteiger partial charge is 0.302 e. The van der Waals surface area contributed by atoms with Crippen molar-refractivity contribution in [1.29, 1.82) is 0 Å². The van der Waals surface area contributed by atoms with Gasteiger partial charge in [0.05, 0.1) is 0 Å². The molecule has 0 radical (unpaired) electrons. The van der Waals surface area contributed by atoms with E-state index in [1.165, 1.54) is 0 Å². The first kappa shape index (κ1) is 21.1. The van der Waals surface area contributed by atoms with Crippen LogP contribution in [0.2, 0.25) is 5.02 Å². The topological polar surface area (TPSA) is 56.9 Å². The van der Waals surface area contributed by atoms with Crippen LogP contribution in [0.5, 0.6) is 0 Å². The van der Waals surface area contributed by atoms with Crippen molar-refractivity contribution in [3.05, 3.63) is 95.2 Å². The number of aromatic nitrogens is 1. The van der Waals surface area contributed by atoms with Gasteiger partial charge in [0, 0.05) is 36.2 Å². The van der Waals surface area contributed by atoms with Gasteiger partial charge in [0.15, 0.2) is 5.58 Å². The molecule has 1 N–H and O–H groups in total. The molecule has 6 nitrogen and oxygen atoms in total. The van der Waals surface area contributed by atoms with Gasteiger partial charge in [-0.3, -0.25) is 10.2 Å². The van der Waals surface area contributed by atoms with Gasteiger partial charge in [-0.05, 0) is 61.0 Å². The molecule has 0 saturated carbocycles. The Balaban J connectivity index is 1.57. The number of benzene rings is 3. The number of guanidine groups is 1. The van der Waals surface area contributed by atoms with Crippen LogP contribution in [-0.4, -0.2) is 25.0 Å². The average Bonchev–Trinajstić information content (AvgIpc) is 3.21. The third kappa shape index (κ3) is 4.17. The van der Waals surface area contributed by atoms with E-state index >= 15 is 0 Å². The highest BCUT2D eigenvalue weighted by molar-refractivity contribution is 6.31. The number of nitrogens with one attached hydrogen (secondary N) is 1. The van der Waals surface area contributed by atoms with Crippen LogP contribution < -0.4 is 15.1 Å². The van der Waals surface area contributed by atoms with Gasteiger partial charge in [0.1, 0.15) is 11.6 Å². The minimum absolute atomic E-state index is 0.233. The largest absolute Gasteiger partial charge is 0.423 e. The molecule has 4 aromatic rings. The number of hydrogen-bond acceptors (Lipinski definition) is 6. The van der Waals surface area contributed by atoms with Gasteiger partial charge in [0.2, 0.25) is 5.96 Å². The highest BCUT2D eigenvalue weighted by Crippen LogP contribution is 2.34. The predicted molar refractivity (Wildman–Crippen MR) is 136 cm³/mol. The Morgan fingerprint density at radius 2 is 1.70 bits per heavy atom. The van der Waals surface area contributed by atoms with Crippen LogP contribution in [0.15, 0.2) is 94.0 Å². The van der Waals surface area contributed by atoms with E-state index in [2.05, 4.69) is 57.4 Å². The van der Waals surface area contributed by atoms with E-state index in [1.807, 2.05) is 62.6 Å². The second-order valence-electron chi connectivity index (χ2n) is 8.09. The van der Waals surface area contributed by atoms with Crippen LogP contribution in [0.25, 0.3) is 11.1 Å². The number of nitrogens with zero attached hydrogens (tertiary/aromatic N) is 4. The number of hydrogen-bond donors (Lipinski definition) is 1. The number of aliphatic imine (C=N–C) groups is 1. The van der Waals surface area contributed by atoms with Gasteiger partial charge in [0.25, 0.3) is 0 Å². The molecule has 166 valence electrons. The molecule has 1 unspecified atom stereocenters. The van der Waals surface area contributed by atoms with Gasteiger partial charge >= 0.3 is 6.01 Å². The number of allylic oxidation sites excluding steroid dienone is 1. The fourth-order valence-corrected chi connectivity index (χ4v) is 4.15. The number of oxazole rings is 1. The Hall–Kier alpha value is -3.77. The maximum absolute atomic E-state index is 6.50.